The summed E-state index contributed by atoms with van der Waals surface area (Å²) in [4.78, 5) is 6.07. The predicted octanol–water partition coefficient (Wildman–Crippen LogP) is -1.02. The Kier molecular flexibility index (Phi) is 3.95. The maximum atomic E-state index is 14.2. The van der Waals surface area contributed by atoms with Gasteiger partial charge >= 0.3 is 0 Å². The molecule has 1 aromatic rings. The van der Waals surface area contributed by atoms with E-state index in [1.54, 1.807) is 0 Å². The van der Waals surface area contributed by atoms with Crippen LogP contribution < -0.4 is 11.4 Å². The SMILES string of the molecule is [N-]=[N+]=N[C@]1(CO)O[C@@H](n2ccc(N)n/c2=N\O)[C@H](F)[C@@H]1O. The summed E-state index contributed by atoms with van der Waals surface area (Å²) in [5.41, 5.74) is 11.3. The van der Waals surface area contributed by atoms with Gasteiger partial charge < -0.3 is 25.9 Å². The maximum absolute atomic E-state index is 14.2. The fourth-order valence-corrected chi connectivity index (χ4v) is 1.99. The summed E-state index contributed by atoms with van der Waals surface area (Å²) in [7, 11) is 0. The highest BCUT2D eigenvalue weighted by atomic mass is 19.1. The van der Waals surface area contributed by atoms with Crippen LogP contribution in [0.1, 0.15) is 6.23 Å². The molecular formula is C9H12FN7O4. The van der Waals surface area contributed by atoms with Crippen molar-refractivity contribution in [3.8, 4) is 0 Å². The average molecular weight is 301 g/mol. The first kappa shape index (κ1) is 15.0. The first-order valence-corrected chi connectivity index (χ1v) is 5.69. The summed E-state index contributed by atoms with van der Waals surface area (Å²) in [5, 5.41) is 33.9. The van der Waals surface area contributed by atoms with Crippen LogP contribution in [-0.2, 0) is 4.74 Å². The molecule has 0 amide bonds. The lowest BCUT2D eigenvalue weighted by Crippen LogP contribution is -2.43. The van der Waals surface area contributed by atoms with Gasteiger partial charge in [-0.05, 0) is 16.8 Å². The van der Waals surface area contributed by atoms with E-state index < -0.39 is 30.8 Å². The third-order valence-electron chi connectivity index (χ3n) is 3.03. The van der Waals surface area contributed by atoms with E-state index in [1.807, 2.05) is 0 Å². The lowest BCUT2D eigenvalue weighted by Gasteiger charge is -2.23. The Morgan fingerprint density at radius 1 is 1.67 bits per heavy atom. The third kappa shape index (κ3) is 2.36. The summed E-state index contributed by atoms with van der Waals surface area (Å²) in [6.45, 7) is -0.941. The quantitative estimate of drug-likeness (QED) is 0.183. The number of anilines is 1. The van der Waals surface area contributed by atoms with Gasteiger partial charge in [-0.3, -0.25) is 4.57 Å². The van der Waals surface area contributed by atoms with Crippen LogP contribution in [0.25, 0.3) is 10.4 Å². The molecule has 0 radical (unpaired) electrons. The van der Waals surface area contributed by atoms with Crippen LogP contribution in [0, 0.1) is 0 Å². The number of nitrogens with two attached hydrogens (primary N) is 1. The number of halogens is 1. The van der Waals surface area contributed by atoms with Crippen molar-refractivity contribution in [2.24, 2.45) is 10.3 Å². The Balaban J connectivity index is 2.50. The molecule has 21 heavy (non-hydrogen) atoms. The number of nitrogen functional groups attached to an aromatic ring is 1. The van der Waals surface area contributed by atoms with Gasteiger partial charge in [-0.25, -0.2) is 4.39 Å². The number of nitrogens with zero attached hydrogens (tertiary/aromatic N) is 6. The second kappa shape index (κ2) is 5.54. The topological polar surface area (TPSA) is 175 Å². The second-order valence-corrected chi connectivity index (χ2v) is 4.25. The van der Waals surface area contributed by atoms with Crippen molar-refractivity contribution in [3.05, 3.63) is 28.3 Å². The summed E-state index contributed by atoms with van der Waals surface area (Å²) in [6, 6.07) is 1.28. The van der Waals surface area contributed by atoms with Crippen molar-refractivity contribution in [3.63, 3.8) is 0 Å². The zero-order valence-electron chi connectivity index (χ0n) is 10.5. The molecule has 0 unspecified atom stereocenters. The summed E-state index contributed by atoms with van der Waals surface area (Å²) < 4.78 is 20.3. The van der Waals surface area contributed by atoms with Crippen LogP contribution in [0.2, 0.25) is 0 Å². The van der Waals surface area contributed by atoms with Crippen LogP contribution in [0.3, 0.4) is 0 Å². The fraction of sp³-hybridized carbons (Fsp3) is 0.556. The normalized spacial score (nSPS) is 32.9. The van der Waals surface area contributed by atoms with Crippen LogP contribution >= 0.6 is 0 Å². The van der Waals surface area contributed by atoms with E-state index in [1.165, 1.54) is 12.3 Å². The lowest BCUT2D eigenvalue weighted by molar-refractivity contribution is -0.125. The molecule has 2 rings (SSSR count). The van der Waals surface area contributed by atoms with E-state index >= 15 is 0 Å². The van der Waals surface area contributed by atoms with Gasteiger partial charge in [0.1, 0.15) is 11.9 Å². The zero-order chi connectivity index (χ0) is 15.6. The monoisotopic (exact) mass is 301 g/mol. The van der Waals surface area contributed by atoms with Gasteiger partial charge in [-0.2, -0.15) is 4.98 Å². The highest BCUT2D eigenvalue weighted by Crippen LogP contribution is 2.39. The molecule has 1 aromatic heterocycles. The molecule has 114 valence electrons. The summed E-state index contributed by atoms with van der Waals surface area (Å²) in [5.74, 6) is 0.0106. The number of ether oxygens (including phenoxy) is 1. The second-order valence-electron chi connectivity index (χ2n) is 4.25. The number of rotatable bonds is 3. The van der Waals surface area contributed by atoms with Crippen molar-refractivity contribution >= 4 is 5.82 Å². The van der Waals surface area contributed by atoms with Crippen molar-refractivity contribution in [2.45, 2.75) is 24.2 Å². The molecule has 0 aliphatic carbocycles. The van der Waals surface area contributed by atoms with Crippen molar-refractivity contribution in [1.82, 2.24) is 9.55 Å². The van der Waals surface area contributed by atoms with Gasteiger partial charge in [0.25, 0.3) is 5.62 Å². The predicted molar refractivity (Wildman–Crippen MR) is 64.0 cm³/mol. The molecule has 0 bridgehead atoms. The first-order valence-electron chi connectivity index (χ1n) is 5.69. The first-order chi connectivity index (χ1) is 9.99. The van der Waals surface area contributed by atoms with Gasteiger partial charge in [-0.1, -0.05) is 5.11 Å². The Bertz CT molecular complexity index is 645. The number of alkyl halides is 1. The number of aliphatic hydroxyl groups is 2. The largest absolute Gasteiger partial charge is 0.408 e. The number of aliphatic hydroxyl groups excluding tert-OH is 2. The highest BCUT2D eigenvalue weighted by Gasteiger charge is 2.55. The molecule has 5 N–H and O–H groups in total. The van der Waals surface area contributed by atoms with E-state index in [-0.39, 0.29) is 11.4 Å². The summed E-state index contributed by atoms with van der Waals surface area (Å²) >= 11 is 0. The van der Waals surface area contributed by atoms with Gasteiger partial charge in [-0.15, -0.1) is 0 Å². The Morgan fingerprint density at radius 3 is 2.95 bits per heavy atom. The smallest absolute Gasteiger partial charge is 0.270 e. The average Bonchev–Trinajstić information content (AvgIpc) is 2.73. The van der Waals surface area contributed by atoms with Gasteiger partial charge in [0.15, 0.2) is 12.4 Å². The molecule has 12 heteroatoms. The number of aromatic nitrogens is 2. The molecule has 1 saturated heterocycles. The molecule has 4 atom stereocenters. The third-order valence-corrected chi connectivity index (χ3v) is 3.03. The van der Waals surface area contributed by atoms with E-state index in [0.717, 1.165) is 4.57 Å². The Morgan fingerprint density at radius 2 is 2.38 bits per heavy atom. The Labute approximate surface area is 116 Å². The van der Waals surface area contributed by atoms with Crippen molar-refractivity contribution in [1.29, 1.82) is 0 Å². The molecule has 0 saturated carbocycles. The van der Waals surface area contributed by atoms with E-state index in [4.69, 9.17) is 21.2 Å². The van der Waals surface area contributed by atoms with Crippen molar-refractivity contribution in [2.75, 3.05) is 12.3 Å². The molecule has 0 spiro atoms. The molecule has 1 fully saturated rings. The minimum atomic E-state index is -2.18. The number of azide groups is 1. The molecule has 1 aliphatic rings. The van der Waals surface area contributed by atoms with E-state index in [0.29, 0.717) is 0 Å². The van der Waals surface area contributed by atoms with Gasteiger partial charge in [0.05, 0.1) is 6.61 Å². The zero-order valence-corrected chi connectivity index (χ0v) is 10.5. The minimum absolute atomic E-state index is 0.0106. The summed E-state index contributed by atoms with van der Waals surface area (Å²) in [6.07, 6.45) is -4.31. The van der Waals surface area contributed by atoms with Crippen molar-refractivity contribution < 1.29 is 24.5 Å². The molecule has 1 aliphatic heterocycles. The fourth-order valence-electron chi connectivity index (χ4n) is 1.99. The van der Waals surface area contributed by atoms with E-state index in [9.17, 15) is 14.6 Å². The number of hydrogen-bond acceptors (Lipinski definition) is 8. The van der Waals surface area contributed by atoms with Crippen LogP contribution in [-0.4, -0.2) is 49.6 Å². The van der Waals surface area contributed by atoms with Crippen LogP contribution in [0.15, 0.2) is 22.5 Å². The lowest BCUT2D eigenvalue weighted by atomic mass is 10.1. The Hall–Kier alpha value is -2.40. The number of hydrogen-bond donors (Lipinski definition) is 4. The van der Waals surface area contributed by atoms with Crippen LogP contribution in [0.4, 0.5) is 10.2 Å². The van der Waals surface area contributed by atoms with Crippen LogP contribution in [0.5, 0.6) is 0 Å². The maximum Gasteiger partial charge on any atom is 0.270 e. The minimum Gasteiger partial charge on any atom is -0.408 e. The molecule has 2 heterocycles. The molecule has 0 aromatic carbocycles. The molecular weight excluding hydrogens is 289 g/mol. The van der Waals surface area contributed by atoms with Gasteiger partial charge in [0.2, 0.25) is 5.72 Å². The molecule has 11 nitrogen and oxygen atoms in total. The standard InChI is InChI=1S/C9H12FN7O4/c10-5-6(19)9(3-18,15-16-12)21-7(5)17-2-1-4(11)13-8(17)14-20/h1-2,5-7,18-20H,3H2,(H2,11,13,14)/t5-,6+,7-,9-/m1/s1. The van der Waals surface area contributed by atoms with E-state index in [2.05, 4.69) is 20.2 Å². The highest BCUT2D eigenvalue weighted by molar-refractivity contribution is 5.23. The van der Waals surface area contributed by atoms with Gasteiger partial charge in [0, 0.05) is 11.1 Å².